The van der Waals surface area contributed by atoms with Gasteiger partial charge in [-0.05, 0) is 31.9 Å². The van der Waals surface area contributed by atoms with Crippen molar-refractivity contribution in [3.05, 3.63) is 17.5 Å². The van der Waals surface area contributed by atoms with Gasteiger partial charge in [0.2, 0.25) is 0 Å². The summed E-state index contributed by atoms with van der Waals surface area (Å²) in [4.78, 5) is 0. The first-order chi connectivity index (χ1) is 7.22. The number of hydrogen-bond acceptors (Lipinski definition) is 2. The maximum Gasteiger partial charge on any atom is 0.0596 e. The van der Waals surface area contributed by atoms with Crippen molar-refractivity contribution in [3.63, 3.8) is 0 Å². The monoisotopic (exact) mass is 207 g/mol. The molecule has 1 aromatic heterocycles. The van der Waals surface area contributed by atoms with Crippen LogP contribution in [-0.4, -0.2) is 22.9 Å². The summed E-state index contributed by atoms with van der Waals surface area (Å²) in [5.74, 6) is 1.46. The van der Waals surface area contributed by atoms with Crippen LogP contribution < -0.4 is 5.32 Å². The van der Waals surface area contributed by atoms with Gasteiger partial charge in [0.1, 0.15) is 0 Å². The van der Waals surface area contributed by atoms with Crippen molar-refractivity contribution in [2.75, 3.05) is 13.1 Å². The number of aryl methyl sites for hydroxylation is 2. The van der Waals surface area contributed by atoms with Crippen LogP contribution in [0.4, 0.5) is 0 Å². The van der Waals surface area contributed by atoms with E-state index in [1.54, 1.807) is 0 Å². The minimum Gasteiger partial charge on any atom is -0.316 e. The molecule has 1 aromatic rings. The standard InChI is InChI=1S/C12H21N3/c1-4-5-10-7-13-8-11(10)12-6-9(2)14-15(12)3/h6,10-11,13H,4-5,7-8H2,1-3H3/t10-,11-/m0/s1. The van der Waals surface area contributed by atoms with Crippen molar-refractivity contribution in [2.45, 2.75) is 32.6 Å². The lowest BCUT2D eigenvalue weighted by Gasteiger charge is -2.17. The molecule has 1 saturated heterocycles. The third-order valence-electron chi connectivity index (χ3n) is 3.42. The highest BCUT2D eigenvalue weighted by Crippen LogP contribution is 2.31. The summed E-state index contributed by atoms with van der Waals surface area (Å²) >= 11 is 0. The third-order valence-corrected chi connectivity index (χ3v) is 3.42. The Hall–Kier alpha value is -0.830. The summed E-state index contributed by atoms with van der Waals surface area (Å²) in [6, 6.07) is 2.24. The highest BCUT2D eigenvalue weighted by Gasteiger charge is 2.29. The average molecular weight is 207 g/mol. The van der Waals surface area contributed by atoms with E-state index < -0.39 is 0 Å². The van der Waals surface area contributed by atoms with Crippen LogP contribution in [0.2, 0.25) is 0 Å². The second-order valence-corrected chi connectivity index (χ2v) is 4.65. The van der Waals surface area contributed by atoms with Crippen LogP contribution in [0.3, 0.4) is 0 Å². The Labute approximate surface area is 91.9 Å². The fourth-order valence-corrected chi connectivity index (χ4v) is 2.73. The first-order valence-corrected chi connectivity index (χ1v) is 5.93. The summed E-state index contributed by atoms with van der Waals surface area (Å²) in [7, 11) is 2.06. The fraction of sp³-hybridized carbons (Fsp3) is 0.750. The quantitative estimate of drug-likeness (QED) is 0.819. The molecule has 0 aliphatic carbocycles. The summed E-state index contributed by atoms with van der Waals surface area (Å²) in [6.07, 6.45) is 2.60. The third kappa shape index (κ3) is 2.07. The van der Waals surface area contributed by atoms with Crippen molar-refractivity contribution in [1.29, 1.82) is 0 Å². The molecule has 2 atom stereocenters. The summed E-state index contributed by atoms with van der Waals surface area (Å²) in [6.45, 7) is 6.62. The van der Waals surface area contributed by atoms with E-state index in [9.17, 15) is 0 Å². The molecule has 0 amide bonds. The van der Waals surface area contributed by atoms with Gasteiger partial charge in [-0.25, -0.2) is 0 Å². The Morgan fingerprint density at radius 2 is 2.33 bits per heavy atom. The largest absolute Gasteiger partial charge is 0.316 e. The number of hydrogen-bond donors (Lipinski definition) is 1. The van der Waals surface area contributed by atoms with Crippen LogP contribution in [0.25, 0.3) is 0 Å². The minimum atomic E-state index is 0.663. The molecule has 84 valence electrons. The first-order valence-electron chi connectivity index (χ1n) is 5.93. The van der Waals surface area contributed by atoms with Gasteiger partial charge in [0.15, 0.2) is 0 Å². The lowest BCUT2D eigenvalue weighted by molar-refractivity contribution is 0.453. The van der Waals surface area contributed by atoms with Crippen LogP contribution in [0, 0.1) is 12.8 Å². The summed E-state index contributed by atoms with van der Waals surface area (Å²) < 4.78 is 2.05. The molecule has 0 saturated carbocycles. The van der Waals surface area contributed by atoms with Gasteiger partial charge in [0.05, 0.1) is 5.69 Å². The van der Waals surface area contributed by atoms with Crippen molar-refractivity contribution in [1.82, 2.24) is 15.1 Å². The average Bonchev–Trinajstić information content (AvgIpc) is 2.73. The highest BCUT2D eigenvalue weighted by molar-refractivity contribution is 5.17. The predicted octanol–water partition coefficient (Wildman–Crippen LogP) is 1.83. The van der Waals surface area contributed by atoms with Crippen LogP contribution in [0.5, 0.6) is 0 Å². The molecule has 0 bridgehead atoms. The van der Waals surface area contributed by atoms with E-state index in [1.807, 2.05) is 0 Å². The fourth-order valence-electron chi connectivity index (χ4n) is 2.73. The molecule has 2 heterocycles. The maximum absolute atomic E-state index is 4.44. The highest BCUT2D eigenvalue weighted by atomic mass is 15.3. The SMILES string of the molecule is CCC[C@H]1CNC[C@@H]1c1cc(C)nn1C. The zero-order valence-electron chi connectivity index (χ0n) is 9.95. The van der Waals surface area contributed by atoms with E-state index in [1.165, 1.54) is 25.1 Å². The molecule has 0 unspecified atom stereocenters. The Bertz CT molecular complexity index is 330. The minimum absolute atomic E-state index is 0.663. The Balaban J connectivity index is 2.18. The van der Waals surface area contributed by atoms with Crippen molar-refractivity contribution >= 4 is 0 Å². The van der Waals surface area contributed by atoms with Crippen molar-refractivity contribution < 1.29 is 0 Å². The van der Waals surface area contributed by atoms with Gasteiger partial charge >= 0.3 is 0 Å². The summed E-state index contributed by atoms with van der Waals surface area (Å²) in [5, 5.41) is 7.94. The molecule has 15 heavy (non-hydrogen) atoms. The van der Waals surface area contributed by atoms with Gasteiger partial charge in [-0.2, -0.15) is 5.10 Å². The van der Waals surface area contributed by atoms with E-state index in [2.05, 4.69) is 42.1 Å². The molecule has 1 fully saturated rings. The van der Waals surface area contributed by atoms with E-state index in [-0.39, 0.29) is 0 Å². The first kappa shape index (κ1) is 10.7. The van der Waals surface area contributed by atoms with Gasteiger partial charge in [0, 0.05) is 25.2 Å². The normalized spacial score (nSPS) is 26.1. The van der Waals surface area contributed by atoms with Crippen LogP contribution in [-0.2, 0) is 7.05 Å². The lowest BCUT2D eigenvalue weighted by atomic mass is 9.89. The predicted molar refractivity (Wildman–Crippen MR) is 62.0 cm³/mol. The van der Waals surface area contributed by atoms with Gasteiger partial charge in [-0.1, -0.05) is 13.3 Å². The maximum atomic E-state index is 4.44. The molecule has 1 aliphatic rings. The number of nitrogens with zero attached hydrogens (tertiary/aromatic N) is 2. The molecule has 0 radical (unpaired) electrons. The molecule has 2 rings (SSSR count). The molecule has 3 nitrogen and oxygen atoms in total. The van der Waals surface area contributed by atoms with Gasteiger partial charge in [-0.3, -0.25) is 4.68 Å². The Morgan fingerprint density at radius 1 is 1.53 bits per heavy atom. The van der Waals surface area contributed by atoms with E-state index in [0.29, 0.717) is 5.92 Å². The molecule has 0 spiro atoms. The van der Waals surface area contributed by atoms with Gasteiger partial charge < -0.3 is 5.32 Å². The van der Waals surface area contributed by atoms with Crippen molar-refractivity contribution in [2.24, 2.45) is 13.0 Å². The van der Waals surface area contributed by atoms with Gasteiger partial charge in [-0.15, -0.1) is 0 Å². The van der Waals surface area contributed by atoms with Crippen LogP contribution in [0.1, 0.15) is 37.1 Å². The second-order valence-electron chi connectivity index (χ2n) is 4.65. The number of aromatic nitrogens is 2. The molecular weight excluding hydrogens is 186 g/mol. The Morgan fingerprint density at radius 3 is 2.93 bits per heavy atom. The Kier molecular flexibility index (Phi) is 3.10. The second kappa shape index (κ2) is 4.35. The van der Waals surface area contributed by atoms with E-state index >= 15 is 0 Å². The molecular formula is C12H21N3. The molecule has 0 aromatic carbocycles. The zero-order valence-corrected chi connectivity index (χ0v) is 9.95. The zero-order chi connectivity index (χ0) is 10.8. The summed E-state index contributed by atoms with van der Waals surface area (Å²) in [5.41, 5.74) is 2.53. The molecule has 1 N–H and O–H groups in total. The number of nitrogens with one attached hydrogen (secondary N) is 1. The lowest BCUT2D eigenvalue weighted by Crippen LogP contribution is -2.14. The van der Waals surface area contributed by atoms with Crippen molar-refractivity contribution in [3.8, 4) is 0 Å². The smallest absolute Gasteiger partial charge is 0.0596 e. The van der Waals surface area contributed by atoms with Crippen LogP contribution in [0.15, 0.2) is 6.07 Å². The topological polar surface area (TPSA) is 29.9 Å². The van der Waals surface area contributed by atoms with Crippen LogP contribution >= 0.6 is 0 Å². The van der Waals surface area contributed by atoms with E-state index in [0.717, 1.165) is 18.2 Å². The molecule has 1 aliphatic heterocycles. The van der Waals surface area contributed by atoms with Gasteiger partial charge in [0.25, 0.3) is 0 Å². The number of rotatable bonds is 3. The van der Waals surface area contributed by atoms with E-state index in [4.69, 9.17) is 0 Å². The molecule has 3 heteroatoms.